The third-order valence-corrected chi connectivity index (χ3v) is 3.51. The summed E-state index contributed by atoms with van der Waals surface area (Å²) in [6.45, 7) is 6.81. The molecule has 1 aliphatic rings. The minimum Gasteiger partial charge on any atom is -0.397 e. The van der Waals surface area contributed by atoms with E-state index >= 15 is 0 Å². The van der Waals surface area contributed by atoms with Gasteiger partial charge in [0, 0.05) is 18.7 Å². The molecular weight excluding hydrogens is 198 g/mol. The molecule has 0 aromatic carbocycles. The molecule has 0 bridgehead atoms. The van der Waals surface area contributed by atoms with Crippen LogP contribution in [0.2, 0.25) is 0 Å². The van der Waals surface area contributed by atoms with E-state index in [0.29, 0.717) is 5.41 Å². The van der Waals surface area contributed by atoms with Crippen molar-refractivity contribution in [3.05, 3.63) is 24.0 Å². The summed E-state index contributed by atoms with van der Waals surface area (Å²) < 4.78 is 0. The summed E-state index contributed by atoms with van der Waals surface area (Å²) >= 11 is 0. The van der Waals surface area contributed by atoms with Gasteiger partial charge in [0.05, 0.1) is 11.9 Å². The van der Waals surface area contributed by atoms with E-state index in [9.17, 15) is 0 Å². The lowest BCUT2D eigenvalue weighted by molar-refractivity contribution is 0.520. The molecule has 1 atom stereocenters. The van der Waals surface area contributed by atoms with Crippen molar-refractivity contribution in [3.63, 3.8) is 0 Å². The van der Waals surface area contributed by atoms with E-state index in [0.717, 1.165) is 36.8 Å². The number of nitrogens with zero attached hydrogens (tertiary/aromatic N) is 1. The summed E-state index contributed by atoms with van der Waals surface area (Å²) in [5.74, 6) is 0.867. The van der Waals surface area contributed by atoms with Gasteiger partial charge in [0.1, 0.15) is 0 Å². The van der Waals surface area contributed by atoms with Gasteiger partial charge in [-0.3, -0.25) is 4.98 Å². The van der Waals surface area contributed by atoms with Crippen LogP contribution in [-0.4, -0.2) is 18.1 Å². The number of nitrogen functional groups attached to an aromatic ring is 1. The Hall–Kier alpha value is -1.09. The molecule has 2 rings (SSSR count). The normalized spacial score (nSPS) is 22.0. The fourth-order valence-corrected chi connectivity index (χ4v) is 2.00. The predicted octanol–water partition coefficient (Wildman–Crippen LogP) is 1.84. The molecule has 1 aliphatic carbocycles. The Labute approximate surface area is 97.5 Å². The van der Waals surface area contributed by atoms with E-state index in [1.54, 1.807) is 6.20 Å². The zero-order valence-corrected chi connectivity index (χ0v) is 10.2. The van der Waals surface area contributed by atoms with Gasteiger partial charge >= 0.3 is 0 Å². The van der Waals surface area contributed by atoms with Gasteiger partial charge in [0.2, 0.25) is 0 Å². The highest BCUT2D eigenvalue weighted by Gasteiger charge is 2.44. The van der Waals surface area contributed by atoms with E-state index in [-0.39, 0.29) is 0 Å². The number of pyridine rings is 1. The van der Waals surface area contributed by atoms with E-state index in [2.05, 4.69) is 24.1 Å². The van der Waals surface area contributed by atoms with Gasteiger partial charge in [0.15, 0.2) is 0 Å². The monoisotopic (exact) mass is 219 g/mol. The van der Waals surface area contributed by atoms with Crippen LogP contribution in [0, 0.1) is 11.3 Å². The van der Waals surface area contributed by atoms with Crippen molar-refractivity contribution in [1.29, 1.82) is 0 Å². The highest BCUT2D eigenvalue weighted by molar-refractivity contribution is 5.34. The third kappa shape index (κ3) is 2.95. The van der Waals surface area contributed by atoms with Crippen molar-refractivity contribution in [3.8, 4) is 0 Å². The first-order valence-corrected chi connectivity index (χ1v) is 5.99. The summed E-state index contributed by atoms with van der Waals surface area (Å²) in [6.07, 6.45) is 4.06. The van der Waals surface area contributed by atoms with Gasteiger partial charge in [-0.1, -0.05) is 13.8 Å². The van der Waals surface area contributed by atoms with Gasteiger partial charge in [0.25, 0.3) is 0 Å². The van der Waals surface area contributed by atoms with Crippen LogP contribution in [0.5, 0.6) is 0 Å². The van der Waals surface area contributed by atoms with E-state index in [1.807, 2.05) is 12.1 Å². The van der Waals surface area contributed by atoms with Crippen LogP contribution in [0.1, 0.15) is 26.0 Å². The number of rotatable bonds is 5. The van der Waals surface area contributed by atoms with Crippen LogP contribution in [0.15, 0.2) is 18.3 Å². The molecule has 16 heavy (non-hydrogen) atoms. The Kier molecular flexibility index (Phi) is 3.15. The van der Waals surface area contributed by atoms with Gasteiger partial charge in [-0.2, -0.15) is 0 Å². The lowest BCUT2D eigenvalue weighted by atomic mass is 10.1. The maximum Gasteiger partial charge on any atom is 0.0501 e. The smallest absolute Gasteiger partial charge is 0.0501 e. The molecule has 0 saturated heterocycles. The van der Waals surface area contributed by atoms with Gasteiger partial charge in [-0.05, 0) is 36.4 Å². The summed E-state index contributed by atoms with van der Waals surface area (Å²) in [4.78, 5) is 4.27. The lowest BCUT2D eigenvalue weighted by Crippen LogP contribution is -2.21. The molecule has 3 heteroatoms. The topological polar surface area (TPSA) is 50.9 Å². The molecule has 0 amide bonds. The maximum atomic E-state index is 5.58. The van der Waals surface area contributed by atoms with E-state index < -0.39 is 0 Å². The maximum absolute atomic E-state index is 5.58. The van der Waals surface area contributed by atoms with Gasteiger partial charge in [-0.15, -0.1) is 0 Å². The minimum atomic E-state index is 0.576. The summed E-state index contributed by atoms with van der Waals surface area (Å²) in [5.41, 5.74) is 8.00. The lowest BCUT2D eigenvalue weighted by Gasteiger charge is -2.06. The van der Waals surface area contributed by atoms with E-state index in [1.165, 1.54) is 6.42 Å². The first-order valence-electron chi connectivity index (χ1n) is 5.99. The Bertz CT molecular complexity index is 343. The van der Waals surface area contributed by atoms with Crippen molar-refractivity contribution >= 4 is 5.69 Å². The number of nitrogens with two attached hydrogens (primary N) is 1. The molecule has 3 N–H and O–H groups in total. The van der Waals surface area contributed by atoms with Crippen molar-refractivity contribution < 1.29 is 0 Å². The van der Waals surface area contributed by atoms with Crippen molar-refractivity contribution in [2.24, 2.45) is 11.3 Å². The van der Waals surface area contributed by atoms with Gasteiger partial charge < -0.3 is 11.1 Å². The minimum absolute atomic E-state index is 0.576. The Morgan fingerprint density at radius 2 is 2.25 bits per heavy atom. The number of aromatic nitrogens is 1. The average molecular weight is 219 g/mol. The molecule has 1 fully saturated rings. The highest BCUT2D eigenvalue weighted by atomic mass is 14.9. The third-order valence-electron chi connectivity index (χ3n) is 3.51. The molecule has 1 saturated carbocycles. The van der Waals surface area contributed by atoms with Crippen LogP contribution in [0.25, 0.3) is 0 Å². The van der Waals surface area contributed by atoms with Crippen LogP contribution < -0.4 is 11.1 Å². The average Bonchev–Trinajstić information content (AvgIpc) is 2.84. The fraction of sp³-hybridized carbons (Fsp3) is 0.615. The number of anilines is 1. The first kappa shape index (κ1) is 11.4. The second-order valence-corrected chi connectivity index (χ2v) is 5.43. The van der Waals surface area contributed by atoms with Crippen LogP contribution in [0.3, 0.4) is 0 Å². The second kappa shape index (κ2) is 4.42. The van der Waals surface area contributed by atoms with E-state index in [4.69, 9.17) is 5.73 Å². The van der Waals surface area contributed by atoms with Crippen LogP contribution >= 0.6 is 0 Å². The van der Waals surface area contributed by atoms with Crippen molar-refractivity contribution in [2.75, 3.05) is 18.8 Å². The fourth-order valence-electron chi connectivity index (χ4n) is 2.00. The predicted molar refractivity (Wildman–Crippen MR) is 67.1 cm³/mol. The first-order chi connectivity index (χ1) is 7.58. The van der Waals surface area contributed by atoms with Gasteiger partial charge in [-0.25, -0.2) is 0 Å². The Morgan fingerprint density at radius 1 is 1.50 bits per heavy atom. The zero-order chi connectivity index (χ0) is 11.6. The SMILES string of the molecule is CC1(C)CC1CNCCc1ccc(N)cn1. The van der Waals surface area contributed by atoms with Crippen LogP contribution in [0.4, 0.5) is 5.69 Å². The molecule has 1 aromatic rings. The van der Waals surface area contributed by atoms with Crippen molar-refractivity contribution in [2.45, 2.75) is 26.7 Å². The molecule has 0 spiro atoms. The summed E-state index contributed by atoms with van der Waals surface area (Å²) in [6, 6.07) is 3.91. The molecular formula is C13H21N3. The Balaban J connectivity index is 1.63. The summed E-state index contributed by atoms with van der Waals surface area (Å²) in [7, 11) is 0. The molecule has 0 radical (unpaired) electrons. The number of nitrogens with one attached hydrogen (secondary N) is 1. The second-order valence-electron chi connectivity index (χ2n) is 5.43. The highest BCUT2D eigenvalue weighted by Crippen LogP contribution is 2.50. The molecule has 0 aliphatic heterocycles. The molecule has 3 nitrogen and oxygen atoms in total. The Morgan fingerprint density at radius 3 is 2.81 bits per heavy atom. The largest absolute Gasteiger partial charge is 0.397 e. The standard InChI is InChI=1S/C13H21N3/c1-13(2)7-10(13)8-15-6-5-12-4-3-11(14)9-16-12/h3-4,9-10,15H,5-8,14H2,1-2H3. The molecule has 88 valence electrons. The quantitative estimate of drug-likeness (QED) is 0.743. The zero-order valence-electron chi connectivity index (χ0n) is 10.2. The molecule has 1 heterocycles. The summed E-state index contributed by atoms with van der Waals surface area (Å²) in [5, 5.41) is 3.49. The molecule has 1 aromatic heterocycles. The molecule has 1 unspecified atom stereocenters. The van der Waals surface area contributed by atoms with Crippen molar-refractivity contribution in [1.82, 2.24) is 10.3 Å². The number of hydrogen-bond acceptors (Lipinski definition) is 3. The van der Waals surface area contributed by atoms with Crippen LogP contribution in [-0.2, 0) is 6.42 Å². The number of hydrogen-bond donors (Lipinski definition) is 2.